The van der Waals surface area contributed by atoms with Gasteiger partial charge in [-0.05, 0) is 47.4 Å². The fourth-order valence-corrected chi connectivity index (χ4v) is 4.52. The first-order valence-corrected chi connectivity index (χ1v) is 12.4. The van der Waals surface area contributed by atoms with Crippen LogP contribution in [0.1, 0.15) is 40.7 Å². The van der Waals surface area contributed by atoms with Gasteiger partial charge in [0, 0.05) is 30.8 Å². The van der Waals surface area contributed by atoms with E-state index in [1.807, 2.05) is 36.4 Å². The number of hydrazone groups is 1. The van der Waals surface area contributed by atoms with Crippen LogP contribution in [0.15, 0.2) is 59.7 Å². The molecular formula is C28H27ClN4O4. The Hall–Kier alpha value is -3.93. The van der Waals surface area contributed by atoms with E-state index in [0.29, 0.717) is 19.7 Å². The van der Waals surface area contributed by atoms with Gasteiger partial charge in [0.15, 0.2) is 0 Å². The van der Waals surface area contributed by atoms with Crippen molar-refractivity contribution >= 4 is 40.4 Å². The predicted octanol–water partition coefficient (Wildman–Crippen LogP) is 4.43. The quantitative estimate of drug-likeness (QED) is 0.321. The molecule has 1 fully saturated rings. The number of nitrogens with zero attached hydrogens (tertiary/aromatic N) is 3. The number of fused-ring (bicyclic) bond motifs is 1. The van der Waals surface area contributed by atoms with Crippen LogP contribution in [0, 0.1) is 11.3 Å². The molecule has 0 radical (unpaired) electrons. The zero-order valence-corrected chi connectivity index (χ0v) is 20.9. The smallest absolute Gasteiger partial charge is 0.271 e. The van der Waals surface area contributed by atoms with Crippen molar-refractivity contribution in [1.29, 1.82) is 5.26 Å². The Morgan fingerprint density at radius 2 is 2.03 bits per heavy atom. The number of halogens is 1. The van der Waals surface area contributed by atoms with Crippen LogP contribution in [-0.4, -0.2) is 53.8 Å². The van der Waals surface area contributed by atoms with E-state index < -0.39 is 5.91 Å². The van der Waals surface area contributed by atoms with Gasteiger partial charge in [-0.1, -0.05) is 48.0 Å². The van der Waals surface area contributed by atoms with Crippen LogP contribution in [0.3, 0.4) is 0 Å². The monoisotopic (exact) mass is 518 g/mol. The molecule has 9 heteroatoms. The number of nitrogens with one attached hydrogen (secondary N) is 1. The molecule has 3 aromatic rings. The SMILES string of the molecule is N#CCCN(CC1CCCO1)C(=O)Cc1ccc(C=NNC(=O)c2ccc(O)c(Cl)c2)c2ccccc12. The van der Waals surface area contributed by atoms with Crippen molar-refractivity contribution in [3.63, 3.8) is 0 Å². The molecule has 0 saturated carbocycles. The van der Waals surface area contributed by atoms with E-state index in [0.717, 1.165) is 34.7 Å². The standard InChI is InChI=1S/C28H27ClN4O4/c29-25-15-20(10-11-26(25)34)28(36)32-31-17-21-9-8-19(23-6-1-2-7-24(21)23)16-27(35)33(13-4-12-30)18-22-5-3-14-37-22/h1-2,6-11,15,17,22,34H,3-5,13-14,16,18H2,(H,32,36). The number of carbonyl (C=O) groups excluding carboxylic acids is 2. The van der Waals surface area contributed by atoms with E-state index >= 15 is 0 Å². The van der Waals surface area contributed by atoms with E-state index in [4.69, 9.17) is 21.6 Å². The summed E-state index contributed by atoms with van der Waals surface area (Å²) in [6, 6.07) is 17.7. The Morgan fingerprint density at radius 1 is 1.22 bits per heavy atom. The third-order valence-electron chi connectivity index (χ3n) is 6.26. The number of hydrogen-bond donors (Lipinski definition) is 2. The highest BCUT2D eigenvalue weighted by Crippen LogP contribution is 2.25. The summed E-state index contributed by atoms with van der Waals surface area (Å²) in [5.41, 5.74) is 4.38. The van der Waals surface area contributed by atoms with Crippen molar-refractivity contribution in [2.45, 2.75) is 31.8 Å². The molecular weight excluding hydrogens is 492 g/mol. The minimum absolute atomic E-state index is 0.0192. The van der Waals surface area contributed by atoms with Crippen LogP contribution in [0.4, 0.5) is 0 Å². The molecule has 1 saturated heterocycles. The number of ether oxygens (including phenoxy) is 1. The Morgan fingerprint density at radius 3 is 2.76 bits per heavy atom. The van der Waals surface area contributed by atoms with Crippen molar-refractivity contribution in [2.75, 3.05) is 19.7 Å². The largest absolute Gasteiger partial charge is 0.506 e. The van der Waals surface area contributed by atoms with E-state index in [-0.39, 0.29) is 41.2 Å². The summed E-state index contributed by atoms with van der Waals surface area (Å²) in [6.45, 7) is 1.58. The molecule has 4 rings (SSSR count). The van der Waals surface area contributed by atoms with Crippen LogP contribution in [0.25, 0.3) is 10.8 Å². The van der Waals surface area contributed by atoms with Crippen molar-refractivity contribution in [2.24, 2.45) is 5.10 Å². The summed E-state index contributed by atoms with van der Waals surface area (Å²) in [7, 11) is 0. The molecule has 2 amide bonds. The van der Waals surface area contributed by atoms with Crippen LogP contribution >= 0.6 is 11.6 Å². The minimum Gasteiger partial charge on any atom is -0.506 e. The number of rotatable bonds is 9. The van der Waals surface area contributed by atoms with Gasteiger partial charge in [-0.2, -0.15) is 10.4 Å². The number of nitriles is 1. The lowest BCUT2D eigenvalue weighted by Gasteiger charge is -2.25. The molecule has 190 valence electrons. The zero-order chi connectivity index (χ0) is 26.2. The van der Waals surface area contributed by atoms with Crippen molar-refractivity contribution < 1.29 is 19.4 Å². The number of phenolic OH excluding ortho intramolecular Hbond substituents is 1. The summed E-state index contributed by atoms with van der Waals surface area (Å²) < 4.78 is 5.70. The van der Waals surface area contributed by atoms with Gasteiger partial charge < -0.3 is 14.7 Å². The van der Waals surface area contributed by atoms with Crippen molar-refractivity contribution in [3.8, 4) is 11.8 Å². The van der Waals surface area contributed by atoms with Crippen molar-refractivity contribution in [1.82, 2.24) is 10.3 Å². The third kappa shape index (κ3) is 6.64. The second-order valence-electron chi connectivity index (χ2n) is 8.78. The summed E-state index contributed by atoms with van der Waals surface area (Å²) in [5, 5.41) is 24.5. The van der Waals surface area contributed by atoms with E-state index in [2.05, 4.69) is 16.6 Å². The Balaban J connectivity index is 1.49. The van der Waals surface area contributed by atoms with Gasteiger partial charge in [-0.25, -0.2) is 5.43 Å². The topological polar surface area (TPSA) is 115 Å². The van der Waals surface area contributed by atoms with Gasteiger partial charge in [0.05, 0.1) is 36.3 Å². The van der Waals surface area contributed by atoms with Gasteiger partial charge >= 0.3 is 0 Å². The van der Waals surface area contributed by atoms with Crippen LogP contribution in [0.2, 0.25) is 5.02 Å². The molecule has 37 heavy (non-hydrogen) atoms. The second kappa shape index (κ2) is 12.3. The number of benzene rings is 3. The number of phenols is 1. The molecule has 2 N–H and O–H groups in total. The highest BCUT2D eigenvalue weighted by molar-refractivity contribution is 6.32. The van der Waals surface area contributed by atoms with Crippen LogP contribution in [-0.2, 0) is 16.0 Å². The summed E-state index contributed by atoms with van der Waals surface area (Å²) in [5.74, 6) is -0.614. The Bertz CT molecular complexity index is 1360. The van der Waals surface area contributed by atoms with Crippen LogP contribution < -0.4 is 5.43 Å². The molecule has 1 aliphatic heterocycles. The third-order valence-corrected chi connectivity index (χ3v) is 6.57. The van der Waals surface area contributed by atoms with E-state index in [1.165, 1.54) is 18.2 Å². The minimum atomic E-state index is -0.464. The average Bonchev–Trinajstić information content (AvgIpc) is 3.42. The number of carbonyl (C=O) groups is 2. The normalized spacial score (nSPS) is 15.1. The molecule has 1 heterocycles. The summed E-state index contributed by atoms with van der Waals surface area (Å²) >= 11 is 5.87. The second-order valence-corrected chi connectivity index (χ2v) is 9.19. The van der Waals surface area contributed by atoms with Gasteiger partial charge in [0.25, 0.3) is 5.91 Å². The molecule has 0 bridgehead atoms. The van der Waals surface area contributed by atoms with Gasteiger partial charge in [0.1, 0.15) is 5.75 Å². The highest BCUT2D eigenvalue weighted by atomic mass is 35.5. The van der Waals surface area contributed by atoms with Crippen molar-refractivity contribution in [3.05, 3.63) is 76.3 Å². The summed E-state index contributed by atoms with van der Waals surface area (Å²) in [6.07, 6.45) is 3.95. The average molecular weight is 519 g/mol. The maximum Gasteiger partial charge on any atom is 0.271 e. The number of aromatic hydroxyl groups is 1. The summed E-state index contributed by atoms with van der Waals surface area (Å²) in [4.78, 5) is 27.3. The fraction of sp³-hybridized carbons (Fsp3) is 0.286. The predicted molar refractivity (Wildman–Crippen MR) is 142 cm³/mol. The Kier molecular flexibility index (Phi) is 8.72. The first-order chi connectivity index (χ1) is 18.0. The first-order valence-electron chi connectivity index (χ1n) is 12.0. The van der Waals surface area contributed by atoms with Crippen LogP contribution in [0.5, 0.6) is 5.75 Å². The molecule has 1 aliphatic rings. The van der Waals surface area contributed by atoms with E-state index in [9.17, 15) is 14.7 Å². The maximum atomic E-state index is 13.2. The Labute approximate surface area is 220 Å². The number of hydrogen-bond acceptors (Lipinski definition) is 6. The first kappa shape index (κ1) is 26.1. The van der Waals surface area contributed by atoms with Gasteiger partial charge in [-0.3, -0.25) is 9.59 Å². The fourth-order valence-electron chi connectivity index (χ4n) is 4.34. The lowest BCUT2D eigenvalue weighted by atomic mass is 9.97. The molecule has 0 spiro atoms. The molecule has 0 aliphatic carbocycles. The lowest BCUT2D eigenvalue weighted by molar-refractivity contribution is -0.132. The molecule has 1 atom stereocenters. The number of amides is 2. The highest BCUT2D eigenvalue weighted by Gasteiger charge is 2.23. The maximum absolute atomic E-state index is 13.2. The van der Waals surface area contributed by atoms with Gasteiger partial charge in [0.2, 0.25) is 5.91 Å². The van der Waals surface area contributed by atoms with Gasteiger partial charge in [-0.15, -0.1) is 0 Å². The lowest BCUT2D eigenvalue weighted by Crippen LogP contribution is -2.39. The molecule has 1 unspecified atom stereocenters. The molecule has 3 aromatic carbocycles. The molecule has 0 aromatic heterocycles. The molecule has 8 nitrogen and oxygen atoms in total. The van der Waals surface area contributed by atoms with E-state index in [1.54, 1.807) is 11.1 Å². The zero-order valence-electron chi connectivity index (χ0n) is 20.2.